The van der Waals surface area contributed by atoms with Gasteiger partial charge in [0.15, 0.2) is 0 Å². The van der Waals surface area contributed by atoms with Crippen LogP contribution in [0.25, 0.3) is 33.4 Å². The number of hydrogen-bond donors (Lipinski definition) is 1. The third-order valence-electron chi connectivity index (χ3n) is 6.46. The number of carbonyl (C=O) groups is 1. The first-order valence-corrected chi connectivity index (χ1v) is 11.0. The van der Waals surface area contributed by atoms with Crippen LogP contribution in [0.3, 0.4) is 0 Å². The molecular formula is C23H25N7O. The minimum Gasteiger partial charge on any atom is -0.360 e. The number of carbonyl (C=O) groups excluding carboxylic acids is 1. The Hall–Kier alpha value is -3.42. The Bertz CT molecular complexity index is 1310. The van der Waals surface area contributed by atoms with Crippen molar-refractivity contribution in [2.45, 2.75) is 45.2 Å². The van der Waals surface area contributed by atoms with Gasteiger partial charge in [0, 0.05) is 73.1 Å². The highest BCUT2D eigenvalue weighted by Gasteiger charge is 2.34. The van der Waals surface area contributed by atoms with E-state index in [0.717, 1.165) is 52.2 Å². The van der Waals surface area contributed by atoms with E-state index >= 15 is 0 Å². The lowest BCUT2D eigenvalue weighted by atomic mass is 10.1. The highest BCUT2D eigenvalue weighted by atomic mass is 16.2. The summed E-state index contributed by atoms with van der Waals surface area (Å²) in [5.41, 5.74) is 6.09. The number of pyridine rings is 1. The summed E-state index contributed by atoms with van der Waals surface area (Å²) in [6, 6.07) is 2.06. The molecule has 1 aliphatic heterocycles. The number of nitrogens with zero attached hydrogens (tertiary/aromatic N) is 6. The van der Waals surface area contributed by atoms with Gasteiger partial charge in [-0.05, 0) is 18.9 Å². The van der Waals surface area contributed by atoms with Crippen molar-refractivity contribution in [1.29, 1.82) is 0 Å². The van der Waals surface area contributed by atoms with Gasteiger partial charge in [0.2, 0.25) is 5.91 Å². The summed E-state index contributed by atoms with van der Waals surface area (Å²) in [5.74, 6) is 1.94. The molecule has 8 heteroatoms. The smallest absolute Gasteiger partial charge is 0.222 e. The second-order valence-electron chi connectivity index (χ2n) is 8.58. The molecule has 0 atom stereocenters. The molecule has 0 aromatic carbocycles. The third-order valence-corrected chi connectivity index (χ3v) is 6.46. The quantitative estimate of drug-likeness (QED) is 0.553. The molecule has 1 amide bonds. The molecule has 1 aliphatic carbocycles. The zero-order valence-electron chi connectivity index (χ0n) is 17.8. The van der Waals surface area contributed by atoms with Crippen LogP contribution in [0.4, 0.5) is 0 Å². The van der Waals surface area contributed by atoms with Gasteiger partial charge in [0.05, 0.1) is 29.8 Å². The summed E-state index contributed by atoms with van der Waals surface area (Å²) in [6.45, 7) is 4.14. The number of aromatic nitrogens is 6. The molecule has 1 N–H and O–H groups in total. The number of hydrogen-bond acceptors (Lipinski definition) is 4. The van der Waals surface area contributed by atoms with E-state index in [4.69, 9.17) is 9.97 Å². The van der Waals surface area contributed by atoms with Gasteiger partial charge in [-0.15, -0.1) is 0 Å². The molecule has 0 spiro atoms. The summed E-state index contributed by atoms with van der Waals surface area (Å²) in [7, 11) is 1.90. The fourth-order valence-electron chi connectivity index (χ4n) is 4.63. The van der Waals surface area contributed by atoms with Crippen molar-refractivity contribution in [3.63, 3.8) is 0 Å². The number of amides is 1. The molecule has 4 aromatic rings. The van der Waals surface area contributed by atoms with Crippen LogP contribution >= 0.6 is 0 Å². The first-order valence-electron chi connectivity index (χ1n) is 11.0. The van der Waals surface area contributed by atoms with Crippen LogP contribution < -0.4 is 0 Å². The van der Waals surface area contributed by atoms with Crippen molar-refractivity contribution in [1.82, 2.24) is 34.2 Å². The van der Waals surface area contributed by atoms with Crippen LogP contribution in [0.1, 0.15) is 43.6 Å². The number of rotatable bonds is 4. The summed E-state index contributed by atoms with van der Waals surface area (Å²) >= 11 is 0. The molecule has 158 valence electrons. The predicted molar refractivity (Wildman–Crippen MR) is 117 cm³/mol. The van der Waals surface area contributed by atoms with Crippen LogP contribution in [0.5, 0.6) is 0 Å². The van der Waals surface area contributed by atoms with Crippen molar-refractivity contribution in [2.75, 3.05) is 6.54 Å². The lowest BCUT2D eigenvalue weighted by molar-refractivity contribution is -0.132. The number of nitrogens with one attached hydrogen (secondary N) is 1. The van der Waals surface area contributed by atoms with E-state index in [0.29, 0.717) is 18.9 Å². The van der Waals surface area contributed by atoms with E-state index in [9.17, 15) is 4.79 Å². The fourth-order valence-corrected chi connectivity index (χ4v) is 4.63. The molecule has 1 saturated carbocycles. The normalized spacial score (nSPS) is 16.1. The Morgan fingerprint density at radius 2 is 2.13 bits per heavy atom. The average molecular weight is 416 g/mol. The Kier molecular flexibility index (Phi) is 4.03. The molecule has 0 bridgehead atoms. The molecule has 6 rings (SSSR count). The number of H-pyrrole nitrogens is 1. The number of imidazole rings is 1. The molecular weight excluding hydrogens is 390 g/mol. The summed E-state index contributed by atoms with van der Waals surface area (Å²) in [5, 5.41) is 5.30. The third kappa shape index (κ3) is 2.97. The Morgan fingerprint density at radius 3 is 2.87 bits per heavy atom. The molecule has 4 aromatic heterocycles. The van der Waals surface area contributed by atoms with Gasteiger partial charge in [0.25, 0.3) is 0 Å². The maximum absolute atomic E-state index is 12.4. The molecule has 0 radical (unpaired) electrons. The highest BCUT2D eigenvalue weighted by molar-refractivity contribution is 5.96. The standard InChI is InChI=1S/C23H25N7O/c1-3-21(31)29-6-7-30-20(13-29)22(27-23(30)14-4-5-14)17-11-25-19-8-18(24-10-16(17)19)15-9-26-28(2)12-15/h8-12,14,25H,3-7,13H2,1-2H3. The van der Waals surface area contributed by atoms with Gasteiger partial charge < -0.3 is 14.5 Å². The molecule has 5 heterocycles. The van der Waals surface area contributed by atoms with E-state index < -0.39 is 0 Å². The van der Waals surface area contributed by atoms with E-state index in [1.165, 1.54) is 18.7 Å². The Labute approximate surface area is 179 Å². The topological polar surface area (TPSA) is 84.6 Å². The van der Waals surface area contributed by atoms with Gasteiger partial charge in [-0.25, -0.2) is 4.98 Å². The van der Waals surface area contributed by atoms with Crippen LogP contribution in [-0.2, 0) is 24.9 Å². The lowest BCUT2D eigenvalue weighted by Crippen LogP contribution is -2.38. The monoisotopic (exact) mass is 415 g/mol. The maximum Gasteiger partial charge on any atom is 0.222 e. The van der Waals surface area contributed by atoms with E-state index in [1.54, 1.807) is 4.68 Å². The molecule has 31 heavy (non-hydrogen) atoms. The summed E-state index contributed by atoms with van der Waals surface area (Å²) in [6.07, 6.45) is 10.7. The van der Waals surface area contributed by atoms with E-state index in [2.05, 4.69) is 20.7 Å². The van der Waals surface area contributed by atoms with Crippen molar-refractivity contribution in [3.05, 3.63) is 42.4 Å². The van der Waals surface area contributed by atoms with Crippen LogP contribution in [-0.4, -0.2) is 46.7 Å². The largest absolute Gasteiger partial charge is 0.360 e. The fraction of sp³-hybridized carbons (Fsp3) is 0.391. The first-order chi connectivity index (χ1) is 15.1. The number of aryl methyl sites for hydroxylation is 1. The van der Waals surface area contributed by atoms with Gasteiger partial charge in [-0.3, -0.25) is 14.5 Å². The lowest BCUT2D eigenvalue weighted by Gasteiger charge is -2.29. The Balaban J connectivity index is 1.45. The van der Waals surface area contributed by atoms with Crippen LogP contribution in [0.15, 0.2) is 30.9 Å². The molecule has 0 unspecified atom stereocenters. The SMILES string of the molecule is CCC(=O)N1CCn2c(C3CC3)nc(-c3c[nH]c4cc(-c5cnn(C)c5)ncc34)c2C1. The Morgan fingerprint density at radius 1 is 1.26 bits per heavy atom. The van der Waals surface area contributed by atoms with Gasteiger partial charge in [-0.2, -0.15) is 5.10 Å². The van der Waals surface area contributed by atoms with Gasteiger partial charge >= 0.3 is 0 Å². The van der Waals surface area contributed by atoms with Crippen LogP contribution in [0, 0.1) is 0 Å². The van der Waals surface area contributed by atoms with Crippen molar-refractivity contribution in [3.8, 4) is 22.5 Å². The molecule has 0 saturated heterocycles. The highest BCUT2D eigenvalue weighted by Crippen LogP contribution is 2.43. The van der Waals surface area contributed by atoms with E-state index in [-0.39, 0.29) is 5.91 Å². The minimum absolute atomic E-state index is 0.202. The minimum atomic E-state index is 0.202. The first kappa shape index (κ1) is 18.4. The second-order valence-corrected chi connectivity index (χ2v) is 8.58. The molecule has 8 nitrogen and oxygen atoms in total. The van der Waals surface area contributed by atoms with Gasteiger partial charge in [0.1, 0.15) is 5.82 Å². The maximum atomic E-state index is 12.4. The van der Waals surface area contributed by atoms with Crippen molar-refractivity contribution < 1.29 is 4.79 Å². The number of aromatic amines is 1. The zero-order valence-corrected chi connectivity index (χ0v) is 17.8. The van der Waals surface area contributed by atoms with Crippen molar-refractivity contribution >= 4 is 16.8 Å². The van der Waals surface area contributed by atoms with Crippen LogP contribution in [0.2, 0.25) is 0 Å². The second kappa shape index (κ2) is 6.80. The van der Waals surface area contributed by atoms with Crippen molar-refractivity contribution in [2.24, 2.45) is 7.05 Å². The zero-order chi connectivity index (χ0) is 21.1. The summed E-state index contributed by atoms with van der Waals surface area (Å²) < 4.78 is 4.14. The number of fused-ring (bicyclic) bond motifs is 2. The molecule has 2 aliphatic rings. The predicted octanol–water partition coefficient (Wildman–Crippen LogP) is 3.46. The summed E-state index contributed by atoms with van der Waals surface area (Å²) in [4.78, 5) is 27.6. The van der Waals surface area contributed by atoms with E-state index in [1.807, 2.05) is 43.7 Å². The molecule has 1 fully saturated rings. The average Bonchev–Trinajstić information content (AvgIpc) is 3.23. The van der Waals surface area contributed by atoms with Gasteiger partial charge in [-0.1, -0.05) is 6.92 Å².